The predicted molar refractivity (Wildman–Crippen MR) is 76.6 cm³/mol. The number of anilines is 2. The van der Waals surface area contributed by atoms with Crippen molar-refractivity contribution < 1.29 is 9.90 Å². The minimum Gasteiger partial charge on any atom is -0.476 e. The van der Waals surface area contributed by atoms with Crippen molar-refractivity contribution >= 4 is 39.0 Å². The summed E-state index contributed by atoms with van der Waals surface area (Å²) in [5.41, 5.74) is 1.81. The molecular formula is C13H10N4O2S. The van der Waals surface area contributed by atoms with E-state index in [-0.39, 0.29) is 5.69 Å². The molecule has 3 aromatic rings. The van der Waals surface area contributed by atoms with Crippen LogP contribution in [0.15, 0.2) is 29.6 Å². The zero-order valence-corrected chi connectivity index (χ0v) is 11.3. The van der Waals surface area contributed by atoms with Gasteiger partial charge in [0.2, 0.25) is 0 Å². The number of nitrogens with zero attached hydrogens (tertiary/aromatic N) is 3. The van der Waals surface area contributed by atoms with Gasteiger partial charge in [-0.05, 0) is 13.0 Å². The Bertz CT molecular complexity index is 800. The van der Waals surface area contributed by atoms with Crippen molar-refractivity contribution in [3.63, 3.8) is 0 Å². The Kier molecular flexibility index (Phi) is 3.03. The van der Waals surface area contributed by atoms with Crippen LogP contribution in [0.1, 0.15) is 16.2 Å². The van der Waals surface area contributed by atoms with Crippen LogP contribution in [0.5, 0.6) is 0 Å². The van der Waals surface area contributed by atoms with Gasteiger partial charge in [0.25, 0.3) is 0 Å². The van der Waals surface area contributed by atoms with E-state index in [0.717, 1.165) is 5.69 Å². The van der Waals surface area contributed by atoms with E-state index in [1.54, 1.807) is 12.1 Å². The second kappa shape index (κ2) is 4.86. The lowest BCUT2D eigenvalue weighted by Crippen LogP contribution is -2.08. The van der Waals surface area contributed by atoms with E-state index in [1.165, 1.54) is 11.3 Å². The lowest BCUT2D eigenvalue weighted by molar-refractivity contribution is 0.0690. The van der Waals surface area contributed by atoms with E-state index >= 15 is 0 Å². The summed E-state index contributed by atoms with van der Waals surface area (Å²) in [6, 6.07) is 7.24. The normalized spacial score (nSPS) is 10.7. The minimum absolute atomic E-state index is 0.114. The molecule has 2 aromatic heterocycles. The van der Waals surface area contributed by atoms with E-state index in [9.17, 15) is 9.90 Å². The van der Waals surface area contributed by atoms with Crippen molar-refractivity contribution in [1.82, 2.24) is 15.2 Å². The summed E-state index contributed by atoms with van der Waals surface area (Å²) < 4.78 is 0. The SMILES string of the molecule is Cc1csc(Nc2c(C(=O)O)nnc3ccccc23)n1. The largest absolute Gasteiger partial charge is 0.476 e. The zero-order chi connectivity index (χ0) is 14.1. The maximum Gasteiger partial charge on any atom is 0.358 e. The van der Waals surface area contributed by atoms with Gasteiger partial charge < -0.3 is 10.4 Å². The Morgan fingerprint density at radius 2 is 2.10 bits per heavy atom. The lowest BCUT2D eigenvalue weighted by Gasteiger charge is -2.09. The van der Waals surface area contributed by atoms with Crippen molar-refractivity contribution in [2.75, 3.05) is 5.32 Å². The minimum atomic E-state index is -1.13. The quantitative estimate of drug-likeness (QED) is 0.769. The summed E-state index contributed by atoms with van der Waals surface area (Å²) in [7, 11) is 0. The fourth-order valence-corrected chi connectivity index (χ4v) is 2.54. The van der Waals surface area contributed by atoms with E-state index in [4.69, 9.17) is 0 Å². The summed E-state index contributed by atoms with van der Waals surface area (Å²) in [6.45, 7) is 1.88. The second-order valence-corrected chi connectivity index (χ2v) is 5.02. The first-order chi connectivity index (χ1) is 9.65. The number of rotatable bonds is 3. The third kappa shape index (κ3) is 2.19. The van der Waals surface area contributed by atoms with Crippen LogP contribution in [0.4, 0.5) is 10.8 Å². The highest BCUT2D eigenvalue weighted by molar-refractivity contribution is 7.13. The molecule has 7 heteroatoms. The van der Waals surface area contributed by atoms with Crippen LogP contribution < -0.4 is 5.32 Å². The molecular weight excluding hydrogens is 276 g/mol. The molecule has 0 fully saturated rings. The Morgan fingerprint density at radius 1 is 1.30 bits per heavy atom. The number of aromatic carboxylic acids is 1. The van der Waals surface area contributed by atoms with Crippen LogP contribution in [-0.4, -0.2) is 26.3 Å². The molecule has 100 valence electrons. The number of aryl methyl sites for hydroxylation is 1. The van der Waals surface area contributed by atoms with Gasteiger partial charge in [-0.15, -0.1) is 21.5 Å². The Hall–Kier alpha value is -2.54. The lowest BCUT2D eigenvalue weighted by atomic mass is 10.1. The number of hydrogen-bond acceptors (Lipinski definition) is 6. The summed E-state index contributed by atoms with van der Waals surface area (Å²) in [5.74, 6) is -1.13. The fourth-order valence-electron chi connectivity index (χ4n) is 1.85. The summed E-state index contributed by atoms with van der Waals surface area (Å²) in [6.07, 6.45) is 0. The third-order valence-corrected chi connectivity index (χ3v) is 3.60. The number of hydrogen-bond donors (Lipinski definition) is 2. The molecule has 0 radical (unpaired) electrons. The van der Waals surface area contributed by atoms with Crippen molar-refractivity contribution in [3.05, 3.63) is 41.0 Å². The average molecular weight is 286 g/mol. The van der Waals surface area contributed by atoms with Gasteiger partial charge in [0, 0.05) is 10.8 Å². The van der Waals surface area contributed by atoms with Crippen LogP contribution in [0.25, 0.3) is 10.9 Å². The number of fused-ring (bicyclic) bond motifs is 1. The smallest absolute Gasteiger partial charge is 0.358 e. The van der Waals surface area contributed by atoms with Crippen LogP contribution >= 0.6 is 11.3 Å². The molecule has 2 N–H and O–H groups in total. The molecule has 0 saturated heterocycles. The molecule has 0 atom stereocenters. The topological polar surface area (TPSA) is 88.0 Å². The molecule has 0 aliphatic carbocycles. The first kappa shape index (κ1) is 12.5. The van der Waals surface area contributed by atoms with Gasteiger partial charge >= 0.3 is 5.97 Å². The number of aromatic nitrogens is 3. The van der Waals surface area contributed by atoms with Gasteiger partial charge in [-0.25, -0.2) is 9.78 Å². The van der Waals surface area contributed by atoms with E-state index in [2.05, 4.69) is 20.5 Å². The van der Waals surface area contributed by atoms with E-state index in [0.29, 0.717) is 21.7 Å². The van der Waals surface area contributed by atoms with Crippen molar-refractivity contribution in [2.24, 2.45) is 0 Å². The Morgan fingerprint density at radius 3 is 2.80 bits per heavy atom. The zero-order valence-electron chi connectivity index (χ0n) is 10.5. The molecule has 1 aromatic carbocycles. The van der Waals surface area contributed by atoms with Gasteiger partial charge in [0.15, 0.2) is 10.8 Å². The fraction of sp³-hybridized carbons (Fsp3) is 0.0769. The summed E-state index contributed by atoms with van der Waals surface area (Å²) in [4.78, 5) is 15.6. The molecule has 0 bridgehead atoms. The Labute approximate surface area is 118 Å². The van der Waals surface area contributed by atoms with Crippen LogP contribution in [0, 0.1) is 6.92 Å². The maximum absolute atomic E-state index is 11.3. The molecule has 2 heterocycles. The molecule has 6 nitrogen and oxygen atoms in total. The maximum atomic E-state index is 11.3. The molecule has 20 heavy (non-hydrogen) atoms. The summed E-state index contributed by atoms with van der Waals surface area (Å²) in [5, 5.41) is 23.2. The standard InChI is InChI=1S/C13H10N4O2S/c1-7-6-20-13(14-7)15-10-8-4-2-3-5-9(8)16-17-11(10)12(18)19/h2-6H,1H3,(H,18,19)(H,14,15,16). The van der Waals surface area contributed by atoms with Gasteiger partial charge in [-0.2, -0.15) is 0 Å². The van der Waals surface area contributed by atoms with Crippen molar-refractivity contribution in [1.29, 1.82) is 0 Å². The van der Waals surface area contributed by atoms with Crippen molar-refractivity contribution in [2.45, 2.75) is 6.92 Å². The monoisotopic (exact) mass is 286 g/mol. The van der Waals surface area contributed by atoms with E-state index < -0.39 is 5.97 Å². The van der Waals surface area contributed by atoms with Gasteiger partial charge in [0.05, 0.1) is 16.9 Å². The number of carboxylic acid groups (broad SMARTS) is 1. The van der Waals surface area contributed by atoms with Crippen LogP contribution in [0.3, 0.4) is 0 Å². The van der Waals surface area contributed by atoms with Crippen molar-refractivity contribution in [3.8, 4) is 0 Å². The highest BCUT2D eigenvalue weighted by atomic mass is 32.1. The van der Waals surface area contributed by atoms with Crippen LogP contribution in [-0.2, 0) is 0 Å². The average Bonchev–Trinajstić information content (AvgIpc) is 2.84. The highest BCUT2D eigenvalue weighted by Crippen LogP contribution is 2.29. The molecule has 0 unspecified atom stereocenters. The number of carboxylic acids is 1. The van der Waals surface area contributed by atoms with E-state index in [1.807, 2.05) is 24.4 Å². The van der Waals surface area contributed by atoms with Gasteiger partial charge in [-0.1, -0.05) is 18.2 Å². The van der Waals surface area contributed by atoms with Gasteiger partial charge in [0.1, 0.15) is 0 Å². The second-order valence-electron chi connectivity index (χ2n) is 4.16. The molecule has 0 aliphatic heterocycles. The first-order valence-corrected chi connectivity index (χ1v) is 6.71. The molecule has 0 aliphatic rings. The molecule has 3 rings (SSSR count). The molecule has 0 saturated carbocycles. The highest BCUT2D eigenvalue weighted by Gasteiger charge is 2.17. The number of benzene rings is 1. The summed E-state index contributed by atoms with van der Waals surface area (Å²) >= 11 is 1.41. The first-order valence-electron chi connectivity index (χ1n) is 5.83. The number of carbonyl (C=O) groups is 1. The van der Waals surface area contributed by atoms with Crippen LogP contribution in [0.2, 0.25) is 0 Å². The number of nitrogens with one attached hydrogen (secondary N) is 1. The van der Waals surface area contributed by atoms with Gasteiger partial charge in [-0.3, -0.25) is 0 Å². The Balaban J connectivity index is 2.19. The molecule has 0 amide bonds. The molecule has 0 spiro atoms. The third-order valence-electron chi connectivity index (χ3n) is 2.72. The predicted octanol–water partition coefficient (Wildman–Crippen LogP) is 2.84. The number of thiazole rings is 1.